The average Bonchev–Trinajstić information content (AvgIpc) is 2.97. The molecule has 0 bridgehead atoms. The lowest BCUT2D eigenvalue weighted by Crippen LogP contribution is -2.17. The van der Waals surface area contributed by atoms with Crippen molar-refractivity contribution in [3.8, 4) is 5.75 Å². The van der Waals surface area contributed by atoms with Crippen molar-refractivity contribution in [1.29, 1.82) is 0 Å². The maximum absolute atomic E-state index is 5.94. The van der Waals surface area contributed by atoms with Crippen LogP contribution in [0.5, 0.6) is 5.75 Å². The van der Waals surface area contributed by atoms with Crippen molar-refractivity contribution in [2.75, 3.05) is 7.11 Å². The van der Waals surface area contributed by atoms with Gasteiger partial charge in [-0.1, -0.05) is 18.2 Å². The standard InChI is InChI=1S/C17H18N2O2/c1-12(19-11-13-5-4-8-18-10-13)16-9-14-6-3-7-15(20-2)17(14)21-16/h3-10,12,19H,11H2,1-2H3. The van der Waals surface area contributed by atoms with Gasteiger partial charge in [0.1, 0.15) is 5.76 Å². The number of para-hydroxylation sites is 1. The van der Waals surface area contributed by atoms with E-state index in [9.17, 15) is 0 Å². The first-order valence-electron chi connectivity index (χ1n) is 6.96. The highest BCUT2D eigenvalue weighted by molar-refractivity contribution is 5.83. The molecule has 3 aromatic rings. The quantitative estimate of drug-likeness (QED) is 0.775. The largest absolute Gasteiger partial charge is 0.493 e. The number of hydrogen-bond donors (Lipinski definition) is 1. The summed E-state index contributed by atoms with van der Waals surface area (Å²) >= 11 is 0. The van der Waals surface area contributed by atoms with E-state index in [1.165, 1.54) is 0 Å². The third-order valence-electron chi connectivity index (χ3n) is 3.51. The van der Waals surface area contributed by atoms with Gasteiger partial charge in [0, 0.05) is 24.3 Å². The molecule has 0 saturated heterocycles. The molecule has 1 unspecified atom stereocenters. The minimum Gasteiger partial charge on any atom is -0.493 e. The van der Waals surface area contributed by atoms with E-state index < -0.39 is 0 Å². The number of rotatable bonds is 5. The highest BCUT2D eigenvalue weighted by Gasteiger charge is 2.13. The Bertz CT molecular complexity index is 722. The first-order chi connectivity index (χ1) is 10.3. The second kappa shape index (κ2) is 5.97. The molecule has 4 heteroatoms. The third kappa shape index (κ3) is 2.90. The molecule has 0 fully saturated rings. The van der Waals surface area contributed by atoms with Gasteiger partial charge in [-0.25, -0.2) is 0 Å². The maximum atomic E-state index is 5.94. The average molecular weight is 282 g/mol. The topological polar surface area (TPSA) is 47.3 Å². The number of fused-ring (bicyclic) bond motifs is 1. The van der Waals surface area contributed by atoms with E-state index in [0.717, 1.165) is 34.6 Å². The van der Waals surface area contributed by atoms with Gasteiger partial charge in [0.25, 0.3) is 0 Å². The summed E-state index contributed by atoms with van der Waals surface area (Å²) in [5, 5.41) is 4.49. The summed E-state index contributed by atoms with van der Waals surface area (Å²) in [6.07, 6.45) is 3.64. The summed E-state index contributed by atoms with van der Waals surface area (Å²) in [5.41, 5.74) is 1.95. The molecule has 0 amide bonds. The number of hydrogen-bond acceptors (Lipinski definition) is 4. The SMILES string of the molecule is COc1cccc2cc(C(C)NCc3cccnc3)oc12. The molecule has 0 aliphatic rings. The van der Waals surface area contributed by atoms with Crippen LogP contribution in [-0.2, 0) is 6.54 Å². The Balaban J connectivity index is 1.77. The maximum Gasteiger partial charge on any atom is 0.176 e. The zero-order chi connectivity index (χ0) is 14.7. The van der Waals surface area contributed by atoms with Crippen LogP contribution in [0.15, 0.2) is 53.2 Å². The molecular formula is C17H18N2O2. The summed E-state index contributed by atoms with van der Waals surface area (Å²) in [6, 6.07) is 12.1. The highest BCUT2D eigenvalue weighted by Crippen LogP contribution is 2.30. The van der Waals surface area contributed by atoms with Gasteiger partial charge >= 0.3 is 0 Å². The Morgan fingerprint density at radius 3 is 2.95 bits per heavy atom. The number of benzene rings is 1. The van der Waals surface area contributed by atoms with Crippen LogP contribution < -0.4 is 10.1 Å². The molecule has 0 aliphatic heterocycles. The molecule has 108 valence electrons. The third-order valence-corrected chi connectivity index (χ3v) is 3.51. The number of furan rings is 1. The smallest absolute Gasteiger partial charge is 0.176 e. The molecule has 2 heterocycles. The fraction of sp³-hybridized carbons (Fsp3) is 0.235. The zero-order valence-corrected chi connectivity index (χ0v) is 12.2. The fourth-order valence-electron chi connectivity index (χ4n) is 2.30. The summed E-state index contributed by atoms with van der Waals surface area (Å²) in [7, 11) is 1.65. The van der Waals surface area contributed by atoms with Crippen molar-refractivity contribution in [2.24, 2.45) is 0 Å². The van der Waals surface area contributed by atoms with Crippen molar-refractivity contribution in [3.05, 3.63) is 60.1 Å². The molecule has 21 heavy (non-hydrogen) atoms. The van der Waals surface area contributed by atoms with E-state index in [4.69, 9.17) is 9.15 Å². The van der Waals surface area contributed by atoms with Crippen molar-refractivity contribution < 1.29 is 9.15 Å². The molecule has 1 atom stereocenters. The number of nitrogens with one attached hydrogen (secondary N) is 1. The molecular weight excluding hydrogens is 264 g/mol. The molecule has 1 N–H and O–H groups in total. The molecule has 0 radical (unpaired) electrons. The van der Waals surface area contributed by atoms with E-state index in [1.54, 1.807) is 13.3 Å². The van der Waals surface area contributed by atoms with Crippen LogP contribution >= 0.6 is 0 Å². The Morgan fingerprint density at radius 2 is 2.19 bits per heavy atom. The lowest BCUT2D eigenvalue weighted by Gasteiger charge is -2.10. The number of methoxy groups -OCH3 is 1. The summed E-state index contributed by atoms with van der Waals surface area (Å²) in [4.78, 5) is 4.11. The zero-order valence-electron chi connectivity index (χ0n) is 12.2. The van der Waals surface area contributed by atoms with Crippen molar-refractivity contribution >= 4 is 11.0 Å². The Kier molecular flexibility index (Phi) is 3.88. The van der Waals surface area contributed by atoms with Crippen molar-refractivity contribution in [1.82, 2.24) is 10.3 Å². The van der Waals surface area contributed by atoms with E-state index in [2.05, 4.69) is 23.3 Å². The predicted molar refractivity (Wildman–Crippen MR) is 82.3 cm³/mol. The fourth-order valence-corrected chi connectivity index (χ4v) is 2.30. The van der Waals surface area contributed by atoms with Gasteiger partial charge in [-0.05, 0) is 30.7 Å². The Morgan fingerprint density at radius 1 is 1.29 bits per heavy atom. The predicted octanol–water partition coefficient (Wildman–Crippen LogP) is 3.69. The van der Waals surface area contributed by atoms with Gasteiger partial charge in [-0.15, -0.1) is 0 Å². The first-order valence-corrected chi connectivity index (χ1v) is 6.96. The summed E-state index contributed by atoms with van der Waals surface area (Å²) in [6.45, 7) is 2.84. The lowest BCUT2D eigenvalue weighted by atomic mass is 10.2. The second-order valence-electron chi connectivity index (χ2n) is 4.99. The molecule has 4 nitrogen and oxygen atoms in total. The first kappa shape index (κ1) is 13.6. The van der Waals surface area contributed by atoms with E-state index >= 15 is 0 Å². The Labute approximate surface area is 123 Å². The minimum absolute atomic E-state index is 0.113. The van der Waals surface area contributed by atoms with Crippen LogP contribution in [0.3, 0.4) is 0 Å². The monoisotopic (exact) mass is 282 g/mol. The molecule has 2 aromatic heterocycles. The van der Waals surface area contributed by atoms with Gasteiger partial charge in [0.2, 0.25) is 0 Å². The molecule has 0 spiro atoms. The Hall–Kier alpha value is -2.33. The lowest BCUT2D eigenvalue weighted by molar-refractivity contribution is 0.399. The van der Waals surface area contributed by atoms with Crippen molar-refractivity contribution in [3.63, 3.8) is 0 Å². The van der Waals surface area contributed by atoms with Gasteiger partial charge in [0.05, 0.1) is 13.2 Å². The van der Waals surface area contributed by atoms with E-state index in [1.807, 2.05) is 36.5 Å². The normalized spacial score (nSPS) is 12.5. The number of aromatic nitrogens is 1. The summed E-state index contributed by atoms with van der Waals surface area (Å²) < 4.78 is 11.3. The van der Waals surface area contributed by atoms with Crippen LogP contribution in [-0.4, -0.2) is 12.1 Å². The van der Waals surface area contributed by atoms with Crippen LogP contribution in [0.25, 0.3) is 11.0 Å². The van der Waals surface area contributed by atoms with Crippen molar-refractivity contribution in [2.45, 2.75) is 19.5 Å². The van der Waals surface area contributed by atoms with Gasteiger partial charge < -0.3 is 14.5 Å². The second-order valence-corrected chi connectivity index (χ2v) is 4.99. The number of nitrogens with zero attached hydrogens (tertiary/aromatic N) is 1. The molecule has 0 aliphatic carbocycles. The molecule has 1 aromatic carbocycles. The van der Waals surface area contributed by atoms with Gasteiger partial charge in [-0.2, -0.15) is 0 Å². The number of pyridine rings is 1. The van der Waals surface area contributed by atoms with Gasteiger partial charge in [0.15, 0.2) is 11.3 Å². The summed E-state index contributed by atoms with van der Waals surface area (Å²) in [5.74, 6) is 1.66. The van der Waals surface area contributed by atoms with Crippen LogP contribution in [0.1, 0.15) is 24.3 Å². The van der Waals surface area contributed by atoms with Crippen LogP contribution in [0, 0.1) is 0 Å². The van der Waals surface area contributed by atoms with Crippen LogP contribution in [0.4, 0.5) is 0 Å². The molecule has 3 rings (SSSR count). The minimum atomic E-state index is 0.113. The van der Waals surface area contributed by atoms with E-state index in [0.29, 0.717) is 0 Å². The van der Waals surface area contributed by atoms with E-state index in [-0.39, 0.29) is 6.04 Å². The number of ether oxygens (including phenoxy) is 1. The molecule has 0 saturated carbocycles. The van der Waals surface area contributed by atoms with Gasteiger partial charge in [-0.3, -0.25) is 4.98 Å². The highest BCUT2D eigenvalue weighted by atomic mass is 16.5. The van der Waals surface area contributed by atoms with Crippen LogP contribution in [0.2, 0.25) is 0 Å².